The van der Waals surface area contributed by atoms with Gasteiger partial charge in [0.05, 0.1) is 0 Å². The van der Waals surface area contributed by atoms with Crippen molar-refractivity contribution in [2.45, 2.75) is 6.42 Å². The van der Waals surface area contributed by atoms with Gasteiger partial charge in [-0.25, -0.2) is 0 Å². The fourth-order valence-corrected chi connectivity index (χ4v) is 0.670. The summed E-state index contributed by atoms with van der Waals surface area (Å²) in [7, 11) is 0. The van der Waals surface area contributed by atoms with Gasteiger partial charge in [0.1, 0.15) is 0 Å². The molecule has 1 aliphatic carbocycles. The van der Waals surface area contributed by atoms with Crippen LogP contribution in [-0.4, -0.2) is 0 Å². The minimum Gasteiger partial charge on any atom is -0.0776 e. The monoisotopic (exact) mass is 195 g/mol. The van der Waals surface area contributed by atoms with Gasteiger partial charge in [-0.1, -0.05) is 31.2 Å². The molecule has 0 unspecified atom stereocenters. The molecule has 0 aromatic heterocycles. The Bertz CT molecular complexity index is 91.0. The van der Waals surface area contributed by atoms with Crippen molar-refractivity contribution >= 4 is 0 Å². The largest absolute Gasteiger partial charge is 0.0776 e. The molecule has 0 aliphatic heterocycles. The van der Waals surface area contributed by atoms with Crippen molar-refractivity contribution in [1.82, 2.24) is 0 Å². The molecule has 0 heterocycles. The van der Waals surface area contributed by atoms with E-state index in [0.717, 1.165) is 6.42 Å². The van der Waals surface area contributed by atoms with E-state index in [1.165, 1.54) is 0 Å². The normalized spacial score (nSPS) is 16.6. The topological polar surface area (TPSA) is 0 Å². The van der Waals surface area contributed by atoms with Gasteiger partial charge in [-0.3, -0.25) is 0 Å². The smallest absolute Gasteiger partial charge is 0 e. The zero-order valence-electron chi connectivity index (χ0n) is 4.65. The van der Waals surface area contributed by atoms with Gasteiger partial charge in [-0.05, 0) is 12.3 Å². The zero-order chi connectivity index (χ0) is 5.11. The van der Waals surface area contributed by atoms with Crippen LogP contribution in [0.2, 0.25) is 0 Å². The maximum absolute atomic E-state index is 3.77. The quantitative estimate of drug-likeness (QED) is 0.560. The van der Waals surface area contributed by atoms with Crippen LogP contribution in [0, 0.1) is 12.8 Å². The van der Waals surface area contributed by atoms with E-state index >= 15 is 0 Å². The van der Waals surface area contributed by atoms with E-state index in [0.29, 0.717) is 5.92 Å². The molecule has 0 atom stereocenters. The van der Waals surface area contributed by atoms with Gasteiger partial charge in [-0.15, -0.1) is 0 Å². The van der Waals surface area contributed by atoms with Gasteiger partial charge in [0.15, 0.2) is 0 Å². The average Bonchev–Trinajstić information content (AvgIpc) is 2.14. The third-order valence-corrected chi connectivity index (χ3v) is 1.16. The molecule has 0 saturated heterocycles. The van der Waals surface area contributed by atoms with Gasteiger partial charge < -0.3 is 0 Å². The van der Waals surface area contributed by atoms with E-state index in [9.17, 15) is 0 Å². The van der Waals surface area contributed by atoms with Crippen LogP contribution in [0.4, 0.5) is 0 Å². The second-order valence-corrected chi connectivity index (χ2v) is 1.72. The number of rotatable bonds is 1. The number of allylic oxidation sites excluding steroid dienone is 4. The SMILES string of the molecule is [CH2]CC1C=CC=C1.[Ru]. The predicted molar refractivity (Wildman–Crippen MR) is 31.7 cm³/mol. The summed E-state index contributed by atoms with van der Waals surface area (Å²) in [5.41, 5.74) is 0. The zero-order valence-corrected chi connectivity index (χ0v) is 6.39. The Kier molecular flexibility index (Phi) is 4.08. The Hall–Kier alpha value is 0.103. The summed E-state index contributed by atoms with van der Waals surface area (Å²) in [6, 6.07) is 0. The molecule has 8 heavy (non-hydrogen) atoms. The van der Waals surface area contributed by atoms with Crippen molar-refractivity contribution in [3.63, 3.8) is 0 Å². The summed E-state index contributed by atoms with van der Waals surface area (Å²) in [4.78, 5) is 0. The first-order valence-corrected chi connectivity index (χ1v) is 2.57. The second-order valence-electron chi connectivity index (χ2n) is 1.72. The van der Waals surface area contributed by atoms with Crippen molar-refractivity contribution in [2.24, 2.45) is 5.92 Å². The first-order valence-electron chi connectivity index (χ1n) is 2.57. The molecule has 0 N–H and O–H groups in total. The summed E-state index contributed by atoms with van der Waals surface area (Å²) in [6.45, 7) is 3.77. The van der Waals surface area contributed by atoms with Crippen molar-refractivity contribution in [3.05, 3.63) is 31.2 Å². The minimum absolute atomic E-state index is 0. The molecule has 0 nitrogen and oxygen atoms in total. The molecule has 0 spiro atoms. The molecule has 0 aromatic rings. The Labute approximate surface area is 63.4 Å². The van der Waals surface area contributed by atoms with Gasteiger partial charge in [-0.2, -0.15) is 0 Å². The van der Waals surface area contributed by atoms with Gasteiger partial charge in [0.25, 0.3) is 0 Å². The molecule has 0 amide bonds. The van der Waals surface area contributed by atoms with E-state index in [1.54, 1.807) is 0 Å². The van der Waals surface area contributed by atoms with E-state index in [2.05, 4.69) is 31.2 Å². The Morgan fingerprint density at radius 2 is 1.75 bits per heavy atom. The Morgan fingerprint density at radius 3 is 2.00 bits per heavy atom. The predicted octanol–water partition coefficient (Wildman–Crippen LogP) is 1.95. The Morgan fingerprint density at radius 1 is 1.25 bits per heavy atom. The van der Waals surface area contributed by atoms with Crippen LogP contribution in [0.5, 0.6) is 0 Å². The van der Waals surface area contributed by atoms with Crippen LogP contribution in [0.1, 0.15) is 6.42 Å². The van der Waals surface area contributed by atoms with Gasteiger partial charge >= 0.3 is 0 Å². The van der Waals surface area contributed by atoms with Gasteiger partial charge in [0, 0.05) is 19.5 Å². The summed E-state index contributed by atoms with van der Waals surface area (Å²) in [5, 5.41) is 0. The first-order chi connectivity index (χ1) is 3.43. The molecule has 1 aliphatic rings. The summed E-state index contributed by atoms with van der Waals surface area (Å²) < 4.78 is 0. The number of hydrogen-bond donors (Lipinski definition) is 0. The maximum atomic E-state index is 3.77. The van der Waals surface area contributed by atoms with Gasteiger partial charge in [0.2, 0.25) is 0 Å². The van der Waals surface area contributed by atoms with Crippen LogP contribution in [0.15, 0.2) is 24.3 Å². The van der Waals surface area contributed by atoms with E-state index in [-0.39, 0.29) is 19.5 Å². The van der Waals surface area contributed by atoms with Crippen LogP contribution in [0.3, 0.4) is 0 Å². The Balaban J connectivity index is 0.000000490. The molecule has 0 aromatic carbocycles. The fourth-order valence-electron chi connectivity index (χ4n) is 0.670. The molecule has 1 radical (unpaired) electrons. The molecule has 45 valence electrons. The maximum Gasteiger partial charge on any atom is 0 e. The minimum atomic E-state index is 0. The third kappa shape index (κ3) is 1.92. The summed E-state index contributed by atoms with van der Waals surface area (Å²) in [5.74, 6) is 0.625. The average molecular weight is 194 g/mol. The number of hydrogen-bond acceptors (Lipinski definition) is 0. The summed E-state index contributed by atoms with van der Waals surface area (Å²) in [6.07, 6.45) is 9.44. The third-order valence-electron chi connectivity index (χ3n) is 1.16. The van der Waals surface area contributed by atoms with Crippen molar-refractivity contribution in [3.8, 4) is 0 Å². The molecule has 1 heteroatoms. The van der Waals surface area contributed by atoms with Crippen molar-refractivity contribution in [1.29, 1.82) is 0 Å². The van der Waals surface area contributed by atoms with Crippen LogP contribution in [0.25, 0.3) is 0 Å². The van der Waals surface area contributed by atoms with E-state index in [1.807, 2.05) is 0 Å². The van der Waals surface area contributed by atoms with Crippen molar-refractivity contribution < 1.29 is 19.5 Å². The molecule has 0 fully saturated rings. The van der Waals surface area contributed by atoms with Crippen LogP contribution < -0.4 is 0 Å². The van der Waals surface area contributed by atoms with Crippen LogP contribution in [-0.2, 0) is 19.5 Å². The standard InChI is InChI=1S/C7H9.Ru/c1-2-7-5-3-4-6-7;/h3-7H,1-2H2;. The van der Waals surface area contributed by atoms with Crippen molar-refractivity contribution in [2.75, 3.05) is 0 Å². The van der Waals surface area contributed by atoms with E-state index in [4.69, 9.17) is 0 Å². The fraction of sp³-hybridized carbons (Fsp3) is 0.286. The summed E-state index contributed by atoms with van der Waals surface area (Å²) >= 11 is 0. The molecular formula is C7H9Ru. The van der Waals surface area contributed by atoms with E-state index < -0.39 is 0 Å². The molecular weight excluding hydrogens is 185 g/mol. The second kappa shape index (κ2) is 4.03. The van der Waals surface area contributed by atoms with Crippen LogP contribution >= 0.6 is 0 Å². The first kappa shape index (κ1) is 8.10. The molecule has 0 bridgehead atoms. The molecule has 0 saturated carbocycles. The molecule has 1 rings (SSSR count).